The number of pyridine rings is 1. The Balaban J connectivity index is 2.09. The van der Waals surface area contributed by atoms with Crippen molar-refractivity contribution in [2.24, 2.45) is 11.3 Å². The second-order valence-electron chi connectivity index (χ2n) is 5.72. The van der Waals surface area contributed by atoms with E-state index in [1.807, 2.05) is 18.2 Å². The van der Waals surface area contributed by atoms with Crippen molar-refractivity contribution in [3.8, 4) is 0 Å². The van der Waals surface area contributed by atoms with Gasteiger partial charge in [0.2, 0.25) is 0 Å². The summed E-state index contributed by atoms with van der Waals surface area (Å²) in [5.41, 5.74) is 6.09. The fourth-order valence-corrected chi connectivity index (χ4v) is 2.29. The third kappa shape index (κ3) is 2.29. The lowest BCUT2D eigenvalue weighted by Crippen LogP contribution is -2.26. The van der Waals surface area contributed by atoms with E-state index in [9.17, 15) is 0 Å². The molecule has 1 aromatic rings. The zero-order chi connectivity index (χ0) is 11.8. The molecule has 88 valence electrons. The van der Waals surface area contributed by atoms with Crippen LogP contribution in [0, 0.1) is 11.3 Å². The zero-order valence-corrected chi connectivity index (χ0v) is 10.4. The summed E-state index contributed by atoms with van der Waals surface area (Å²) >= 11 is 0. The monoisotopic (exact) mass is 219 g/mol. The number of rotatable bonds is 1. The summed E-state index contributed by atoms with van der Waals surface area (Å²) in [5, 5.41) is 0. The highest BCUT2D eigenvalue weighted by Crippen LogP contribution is 2.35. The predicted octanol–water partition coefficient (Wildman–Crippen LogP) is 2.54. The third-order valence-corrected chi connectivity index (χ3v) is 3.49. The Labute approximate surface area is 97.7 Å². The van der Waals surface area contributed by atoms with Gasteiger partial charge in [-0.05, 0) is 29.9 Å². The van der Waals surface area contributed by atoms with Crippen molar-refractivity contribution in [3.05, 3.63) is 18.2 Å². The zero-order valence-electron chi connectivity index (χ0n) is 10.4. The molecule has 2 heterocycles. The van der Waals surface area contributed by atoms with E-state index in [1.165, 1.54) is 6.42 Å². The van der Waals surface area contributed by atoms with Crippen LogP contribution in [0.25, 0.3) is 0 Å². The first-order valence-corrected chi connectivity index (χ1v) is 5.94. The van der Waals surface area contributed by atoms with Crippen LogP contribution in [0.1, 0.15) is 27.2 Å². The van der Waals surface area contributed by atoms with Gasteiger partial charge in [-0.15, -0.1) is 0 Å². The summed E-state index contributed by atoms with van der Waals surface area (Å²) < 4.78 is 0. The molecule has 0 radical (unpaired) electrons. The molecule has 1 atom stereocenters. The Bertz CT molecular complexity index is 368. The van der Waals surface area contributed by atoms with E-state index in [4.69, 9.17) is 5.73 Å². The van der Waals surface area contributed by atoms with E-state index in [0.29, 0.717) is 11.2 Å². The third-order valence-electron chi connectivity index (χ3n) is 3.49. The summed E-state index contributed by atoms with van der Waals surface area (Å²) in [5.74, 6) is 2.37. The van der Waals surface area contributed by atoms with Gasteiger partial charge < -0.3 is 10.6 Å². The summed E-state index contributed by atoms with van der Waals surface area (Å²) in [4.78, 5) is 6.71. The highest BCUT2D eigenvalue weighted by Gasteiger charge is 2.32. The van der Waals surface area contributed by atoms with Crippen LogP contribution >= 0.6 is 0 Å². The molecule has 0 bridgehead atoms. The van der Waals surface area contributed by atoms with Crippen molar-refractivity contribution in [2.75, 3.05) is 23.7 Å². The molecule has 0 saturated carbocycles. The highest BCUT2D eigenvalue weighted by molar-refractivity contribution is 5.45. The molecule has 0 aliphatic carbocycles. The highest BCUT2D eigenvalue weighted by atomic mass is 15.2. The Morgan fingerprint density at radius 1 is 1.38 bits per heavy atom. The molecule has 1 unspecified atom stereocenters. The Morgan fingerprint density at radius 2 is 2.12 bits per heavy atom. The molecule has 16 heavy (non-hydrogen) atoms. The molecule has 1 fully saturated rings. The van der Waals surface area contributed by atoms with Crippen LogP contribution in [0.5, 0.6) is 0 Å². The molecule has 3 nitrogen and oxygen atoms in total. The van der Waals surface area contributed by atoms with Crippen LogP contribution in [0.15, 0.2) is 18.2 Å². The van der Waals surface area contributed by atoms with Crippen molar-refractivity contribution < 1.29 is 0 Å². The lowest BCUT2D eigenvalue weighted by Gasteiger charge is -2.27. The van der Waals surface area contributed by atoms with Gasteiger partial charge in [0.1, 0.15) is 11.6 Å². The SMILES string of the molecule is CC(C)(C)C1CCN(c2cccc(N)n2)C1. The molecule has 3 heteroatoms. The van der Waals surface area contributed by atoms with E-state index in [2.05, 4.69) is 30.7 Å². The van der Waals surface area contributed by atoms with Gasteiger partial charge in [0.25, 0.3) is 0 Å². The first-order valence-electron chi connectivity index (χ1n) is 5.94. The fraction of sp³-hybridized carbons (Fsp3) is 0.615. The fourth-order valence-electron chi connectivity index (χ4n) is 2.29. The molecule has 2 rings (SSSR count). The average molecular weight is 219 g/mol. The number of nitrogens with two attached hydrogens (primary N) is 1. The van der Waals surface area contributed by atoms with Crippen molar-refractivity contribution in [2.45, 2.75) is 27.2 Å². The number of hydrogen-bond acceptors (Lipinski definition) is 3. The number of anilines is 2. The maximum Gasteiger partial charge on any atom is 0.130 e. The van der Waals surface area contributed by atoms with Gasteiger partial charge in [0.15, 0.2) is 0 Å². The molecular formula is C13H21N3. The summed E-state index contributed by atoms with van der Waals surface area (Å²) in [6.07, 6.45) is 1.25. The van der Waals surface area contributed by atoms with E-state index in [0.717, 1.165) is 24.8 Å². The first kappa shape index (κ1) is 11.2. The molecule has 2 N–H and O–H groups in total. The van der Waals surface area contributed by atoms with Crippen molar-refractivity contribution in [3.63, 3.8) is 0 Å². The van der Waals surface area contributed by atoms with Gasteiger partial charge in [-0.2, -0.15) is 0 Å². The quantitative estimate of drug-likeness (QED) is 0.789. The largest absolute Gasteiger partial charge is 0.384 e. The molecule has 0 spiro atoms. The molecule has 0 aromatic carbocycles. The van der Waals surface area contributed by atoms with Crippen LogP contribution in [0.2, 0.25) is 0 Å². The minimum Gasteiger partial charge on any atom is -0.384 e. The minimum atomic E-state index is 0.384. The van der Waals surface area contributed by atoms with Gasteiger partial charge in [-0.1, -0.05) is 26.8 Å². The lowest BCUT2D eigenvalue weighted by molar-refractivity contribution is 0.263. The first-order chi connectivity index (χ1) is 7.47. The van der Waals surface area contributed by atoms with E-state index >= 15 is 0 Å². The van der Waals surface area contributed by atoms with Crippen LogP contribution in [-0.4, -0.2) is 18.1 Å². The average Bonchev–Trinajstić information content (AvgIpc) is 2.65. The number of nitrogen functional groups attached to an aromatic ring is 1. The van der Waals surface area contributed by atoms with Crippen LogP contribution in [0.3, 0.4) is 0 Å². The summed E-state index contributed by atoms with van der Waals surface area (Å²) in [6, 6.07) is 5.85. The second-order valence-corrected chi connectivity index (χ2v) is 5.72. The molecule has 1 aromatic heterocycles. The molecule has 1 aliphatic heterocycles. The number of aromatic nitrogens is 1. The van der Waals surface area contributed by atoms with Gasteiger partial charge >= 0.3 is 0 Å². The van der Waals surface area contributed by atoms with Gasteiger partial charge in [-0.3, -0.25) is 0 Å². The number of nitrogens with zero attached hydrogens (tertiary/aromatic N) is 2. The second kappa shape index (κ2) is 3.96. The smallest absolute Gasteiger partial charge is 0.130 e. The lowest BCUT2D eigenvalue weighted by atomic mass is 9.80. The van der Waals surface area contributed by atoms with Gasteiger partial charge in [-0.25, -0.2) is 4.98 Å². The predicted molar refractivity (Wildman–Crippen MR) is 68.4 cm³/mol. The maximum absolute atomic E-state index is 5.71. The summed E-state index contributed by atoms with van der Waals surface area (Å²) in [6.45, 7) is 9.13. The van der Waals surface area contributed by atoms with Crippen LogP contribution < -0.4 is 10.6 Å². The molecule has 0 amide bonds. The van der Waals surface area contributed by atoms with E-state index < -0.39 is 0 Å². The molecule has 1 saturated heterocycles. The Morgan fingerprint density at radius 3 is 2.69 bits per heavy atom. The molecular weight excluding hydrogens is 198 g/mol. The normalized spacial score (nSPS) is 21.4. The molecule has 1 aliphatic rings. The van der Waals surface area contributed by atoms with Crippen molar-refractivity contribution in [1.82, 2.24) is 4.98 Å². The van der Waals surface area contributed by atoms with Crippen molar-refractivity contribution >= 4 is 11.6 Å². The minimum absolute atomic E-state index is 0.384. The van der Waals surface area contributed by atoms with Crippen molar-refractivity contribution in [1.29, 1.82) is 0 Å². The standard InChI is InChI=1S/C13H21N3/c1-13(2,3)10-7-8-16(9-10)12-6-4-5-11(14)15-12/h4-6,10H,7-9H2,1-3H3,(H2,14,15). The van der Waals surface area contributed by atoms with Crippen LogP contribution in [0.4, 0.5) is 11.6 Å². The maximum atomic E-state index is 5.71. The van der Waals surface area contributed by atoms with Crippen LogP contribution in [-0.2, 0) is 0 Å². The number of hydrogen-bond donors (Lipinski definition) is 1. The summed E-state index contributed by atoms with van der Waals surface area (Å²) in [7, 11) is 0. The Kier molecular flexibility index (Phi) is 2.78. The van der Waals surface area contributed by atoms with E-state index in [-0.39, 0.29) is 0 Å². The topological polar surface area (TPSA) is 42.1 Å². The van der Waals surface area contributed by atoms with Gasteiger partial charge in [0.05, 0.1) is 0 Å². The van der Waals surface area contributed by atoms with Gasteiger partial charge in [0, 0.05) is 13.1 Å². The van der Waals surface area contributed by atoms with E-state index in [1.54, 1.807) is 0 Å². The Hall–Kier alpha value is -1.25.